The van der Waals surface area contributed by atoms with Crippen molar-refractivity contribution >= 4 is 39.1 Å². The summed E-state index contributed by atoms with van der Waals surface area (Å²) >= 11 is 6.46. The van der Waals surface area contributed by atoms with Crippen molar-refractivity contribution in [3.05, 3.63) is 89.4 Å². The number of nitrogens with zero attached hydrogens (tertiary/aromatic N) is 2. The number of hydrogen-bond acceptors (Lipinski definition) is 5. The van der Waals surface area contributed by atoms with Gasteiger partial charge in [-0.05, 0) is 62.6 Å². The van der Waals surface area contributed by atoms with Crippen molar-refractivity contribution in [3.8, 4) is 5.75 Å². The van der Waals surface area contributed by atoms with Crippen LogP contribution in [0.4, 0.5) is 5.69 Å². The Labute approximate surface area is 248 Å². The van der Waals surface area contributed by atoms with Crippen LogP contribution in [0.25, 0.3) is 0 Å². The van der Waals surface area contributed by atoms with Gasteiger partial charge in [0.15, 0.2) is 0 Å². The first-order valence-electron chi connectivity index (χ1n) is 13.8. The molecule has 0 saturated heterocycles. The molecule has 0 heterocycles. The first-order valence-corrected chi connectivity index (χ1v) is 15.6. The molecular formula is C31H38ClN3O5S. The largest absolute Gasteiger partial charge is 0.492 e. The van der Waals surface area contributed by atoms with Gasteiger partial charge in [-0.3, -0.25) is 13.9 Å². The number of hydrogen-bond donors (Lipinski definition) is 1. The molecule has 0 fully saturated rings. The molecule has 0 aliphatic heterocycles. The fourth-order valence-corrected chi connectivity index (χ4v) is 5.99. The first kappa shape index (κ1) is 32.0. The minimum Gasteiger partial charge on any atom is -0.492 e. The second kappa shape index (κ2) is 14.9. The number of amides is 2. The number of para-hydroxylation sites is 2. The van der Waals surface area contributed by atoms with Crippen LogP contribution in [-0.2, 0) is 26.2 Å². The average Bonchev–Trinajstić information content (AvgIpc) is 2.97. The Morgan fingerprint density at radius 1 is 0.902 bits per heavy atom. The lowest BCUT2D eigenvalue weighted by Crippen LogP contribution is -2.53. The van der Waals surface area contributed by atoms with E-state index in [2.05, 4.69) is 5.32 Å². The standard InChI is InChI=1S/C31H38ClN3O5S/c1-5-23(4)33-31(37)27(6-2)34(21-24-15-11-12-18-26(24)32)30(36)22-35(28-19-13-14-20-29(28)40-7-3)41(38,39)25-16-9-8-10-17-25/h8-20,23,27H,5-7,21-22H2,1-4H3,(H,33,37)/t23-,27-/m1/s1. The van der Waals surface area contributed by atoms with Crippen LogP contribution in [0.2, 0.25) is 5.02 Å². The number of rotatable bonds is 14. The molecule has 3 rings (SSSR count). The number of ether oxygens (including phenoxy) is 1. The van der Waals surface area contributed by atoms with E-state index >= 15 is 0 Å². The van der Waals surface area contributed by atoms with Gasteiger partial charge in [-0.2, -0.15) is 0 Å². The SMILES string of the molecule is CCOc1ccccc1N(CC(=O)N(Cc1ccccc1Cl)[C@H](CC)C(=O)N[C@H](C)CC)S(=O)(=O)c1ccccc1. The molecule has 0 aliphatic carbocycles. The van der Waals surface area contributed by atoms with Crippen LogP contribution in [0.5, 0.6) is 5.75 Å². The van der Waals surface area contributed by atoms with Gasteiger partial charge in [-0.15, -0.1) is 0 Å². The summed E-state index contributed by atoms with van der Waals surface area (Å²) in [7, 11) is -4.20. The molecule has 2 atom stereocenters. The Balaban J connectivity index is 2.11. The Kier molecular flexibility index (Phi) is 11.6. The highest BCUT2D eigenvalue weighted by Crippen LogP contribution is 2.33. The molecule has 10 heteroatoms. The van der Waals surface area contributed by atoms with Crippen LogP contribution >= 0.6 is 11.6 Å². The van der Waals surface area contributed by atoms with Crippen LogP contribution in [0.3, 0.4) is 0 Å². The highest BCUT2D eigenvalue weighted by molar-refractivity contribution is 7.92. The second-order valence-electron chi connectivity index (χ2n) is 9.58. The zero-order valence-corrected chi connectivity index (χ0v) is 25.5. The summed E-state index contributed by atoms with van der Waals surface area (Å²) in [5.74, 6) is -0.544. The fraction of sp³-hybridized carbons (Fsp3) is 0.355. The van der Waals surface area contributed by atoms with E-state index in [9.17, 15) is 18.0 Å². The van der Waals surface area contributed by atoms with Gasteiger partial charge < -0.3 is 15.0 Å². The third kappa shape index (κ3) is 8.01. The molecule has 3 aromatic rings. The fourth-order valence-electron chi connectivity index (χ4n) is 4.34. The molecule has 0 unspecified atom stereocenters. The minimum absolute atomic E-state index is 0.0251. The summed E-state index contributed by atoms with van der Waals surface area (Å²) in [4.78, 5) is 29.0. The van der Waals surface area contributed by atoms with E-state index in [1.165, 1.54) is 17.0 Å². The van der Waals surface area contributed by atoms with Crippen molar-refractivity contribution in [2.45, 2.75) is 64.1 Å². The third-order valence-corrected chi connectivity index (χ3v) is 8.87. The van der Waals surface area contributed by atoms with E-state index in [-0.39, 0.29) is 29.1 Å². The zero-order chi connectivity index (χ0) is 30.0. The topological polar surface area (TPSA) is 96.0 Å². The average molecular weight is 600 g/mol. The van der Waals surface area contributed by atoms with Crippen LogP contribution in [0, 0.1) is 0 Å². The van der Waals surface area contributed by atoms with Crippen molar-refractivity contribution in [3.63, 3.8) is 0 Å². The highest BCUT2D eigenvalue weighted by atomic mass is 35.5. The van der Waals surface area contributed by atoms with E-state index in [4.69, 9.17) is 16.3 Å². The number of carbonyl (C=O) groups is 2. The van der Waals surface area contributed by atoms with Crippen molar-refractivity contribution in [2.24, 2.45) is 0 Å². The molecule has 0 radical (unpaired) electrons. The summed E-state index contributed by atoms with van der Waals surface area (Å²) < 4.78 is 34.8. The lowest BCUT2D eigenvalue weighted by molar-refractivity contribution is -0.140. The van der Waals surface area contributed by atoms with Crippen LogP contribution in [0.1, 0.15) is 46.1 Å². The normalized spacial score (nSPS) is 12.7. The third-order valence-electron chi connectivity index (χ3n) is 6.73. The van der Waals surface area contributed by atoms with E-state index in [1.807, 2.05) is 20.8 Å². The molecule has 41 heavy (non-hydrogen) atoms. The number of sulfonamides is 1. The van der Waals surface area contributed by atoms with Gasteiger partial charge in [-0.1, -0.05) is 74.0 Å². The van der Waals surface area contributed by atoms with Gasteiger partial charge in [0.05, 0.1) is 17.2 Å². The monoisotopic (exact) mass is 599 g/mol. The molecule has 3 aromatic carbocycles. The Morgan fingerprint density at radius 3 is 2.17 bits per heavy atom. The zero-order valence-electron chi connectivity index (χ0n) is 23.9. The van der Waals surface area contributed by atoms with Crippen molar-refractivity contribution < 1.29 is 22.7 Å². The van der Waals surface area contributed by atoms with Crippen LogP contribution in [0.15, 0.2) is 83.8 Å². The second-order valence-corrected chi connectivity index (χ2v) is 11.8. The number of halogens is 1. The predicted molar refractivity (Wildman–Crippen MR) is 163 cm³/mol. The summed E-state index contributed by atoms with van der Waals surface area (Å²) in [5.41, 5.74) is 0.867. The van der Waals surface area contributed by atoms with E-state index in [0.29, 0.717) is 29.4 Å². The molecule has 0 aliphatic rings. The Bertz CT molecular complexity index is 1420. The maximum atomic E-state index is 14.2. The van der Waals surface area contributed by atoms with Gasteiger partial charge in [0.1, 0.15) is 18.3 Å². The maximum absolute atomic E-state index is 14.2. The van der Waals surface area contributed by atoms with Gasteiger partial charge in [0, 0.05) is 17.6 Å². The van der Waals surface area contributed by atoms with Crippen molar-refractivity contribution in [1.82, 2.24) is 10.2 Å². The van der Waals surface area contributed by atoms with E-state index in [0.717, 1.165) is 10.7 Å². The summed E-state index contributed by atoms with van der Waals surface area (Å²) in [6, 6.07) is 20.7. The molecule has 0 spiro atoms. The number of carbonyl (C=O) groups excluding carboxylic acids is 2. The number of benzene rings is 3. The molecule has 220 valence electrons. The summed E-state index contributed by atoms with van der Waals surface area (Å²) in [6.07, 6.45) is 1.04. The Hall–Kier alpha value is -3.56. The van der Waals surface area contributed by atoms with Crippen LogP contribution < -0.4 is 14.4 Å². The van der Waals surface area contributed by atoms with Crippen molar-refractivity contribution in [2.75, 3.05) is 17.5 Å². The predicted octanol–water partition coefficient (Wildman–Crippen LogP) is 5.66. The molecular weight excluding hydrogens is 562 g/mol. The van der Waals surface area contributed by atoms with Gasteiger partial charge >= 0.3 is 0 Å². The number of nitrogens with one attached hydrogen (secondary N) is 1. The maximum Gasteiger partial charge on any atom is 0.264 e. The molecule has 0 aromatic heterocycles. The first-order chi connectivity index (χ1) is 19.6. The van der Waals surface area contributed by atoms with Gasteiger partial charge in [-0.25, -0.2) is 8.42 Å². The molecule has 0 saturated carbocycles. The van der Waals surface area contributed by atoms with Crippen molar-refractivity contribution in [1.29, 1.82) is 0 Å². The van der Waals surface area contributed by atoms with Crippen LogP contribution in [-0.4, -0.2) is 50.4 Å². The van der Waals surface area contributed by atoms with Gasteiger partial charge in [0.2, 0.25) is 11.8 Å². The summed E-state index contributed by atoms with van der Waals surface area (Å²) in [6.45, 7) is 7.23. The number of anilines is 1. The smallest absolute Gasteiger partial charge is 0.264 e. The van der Waals surface area contributed by atoms with E-state index in [1.54, 1.807) is 73.7 Å². The summed E-state index contributed by atoms with van der Waals surface area (Å²) in [5, 5.41) is 3.41. The lowest BCUT2D eigenvalue weighted by Gasteiger charge is -2.34. The quantitative estimate of drug-likeness (QED) is 0.258. The molecule has 2 amide bonds. The molecule has 8 nitrogen and oxygen atoms in total. The van der Waals surface area contributed by atoms with Gasteiger partial charge in [0.25, 0.3) is 10.0 Å². The highest BCUT2D eigenvalue weighted by Gasteiger charge is 2.35. The lowest BCUT2D eigenvalue weighted by atomic mass is 10.1. The molecule has 0 bridgehead atoms. The molecule has 1 N–H and O–H groups in total. The minimum atomic E-state index is -4.20. The Morgan fingerprint density at radius 2 is 1.54 bits per heavy atom. The van der Waals surface area contributed by atoms with E-state index < -0.39 is 28.5 Å².